The number of carbonyl (C=O) groups is 2. The fourth-order valence-electron chi connectivity index (χ4n) is 1.76. The first kappa shape index (κ1) is 12.0. The topological polar surface area (TPSA) is 79.7 Å². The van der Waals surface area contributed by atoms with Gasteiger partial charge in [-0.25, -0.2) is 0 Å². The largest absolute Gasteiger partial charge is 0.481 e. The third kappa shape index (κ3) is 2.80. The molecule has 0 aromatic carbocycles. The first-order chi connectivity index (χ1) is 8.18. The Morgan fingerprint density at radius 1 is 1.65 bits per heavy atom. The molecule has 0 bridgehead atoms. The fourth-order valence-corrected chi connectivity index (χ4v) is 2.33. The maximum atomic E-state index is 12.1. The van der Waals surface area contributed by atoms with E-state index >= 15 is 0 Å². The molecule has 1 aromatic rings. The molecule has 0 saturated carbocycles. The van der Waals surface area contributed by atoms with Crippen molar-refractivity contribution < 1.29 is 19.4 Å². The molecule has 6 nitrogen and oxygen atoms in total. The second-order valence-corrected chi connectivity index (χ2v) is 4.58. The summed E-state index contributed by atoms with van der Waals surface area (Å²) in [5.74, 6) is -1.09. The Labute approximate surface area is 102 Å². The Hall–Kier alpha value is -1.47. The van der Waals surface area contributed by atoms with Crippen LogP contribution in [0.1, 0.15) is 16.1 Å². The average molecular weight is 256 g/mol. The SMILES string of the molecule is O=C(O)CC1COCCN1C(=O)c1cncs1. The van der Waals surface area contributed by atoms with Gasteiger partial charge in [0.25, 0.3) is 5.91 Å². The lowest BCUT2D eigenvalue weighted by molar-refractivity contribution is -0.139. The number of aliphatic carboxylic acids is 1. The number of hydrogen-bond donors (Lipinski definition) is 1. The summed E-state index contributed by atoms with van der Waals surface area (Å²) in [6.07, 6.45) is 1.41. The molecule has 0 aliphatic carbocycles. The lowest BCUT2D eigenvalue weighted by Crippen LogP contribution is -2.49. The normalized spacial score (nSPS) is 20.2. The van der Waals surface area contributed by atoms with Crippen molar-refractivity contribution in [1.29, 1.82) is 0 Å². The first-order valence-corrected chi connectivity index (χ1v) is 6.05. The number of ether oxygens (including phenoxy) is 1. The van der Waals surface area contributed by atoms with Crippen molar-refractivity contribution in [1.82, 2.24) is 9.88 Å². The van der Waals surface area contributed by atoms with E-state index in [2.05, 4.69) is 4.98 Å². The van der Waals surface area contributed by atoms with Crippen molar-refractivity contribution in [2.24, 2.45) is 0 Å². The number of amides is 1. The zero-order chi connectivity index (χ0) is 12.3. The van der Waals surface area contributed by atoms with E-state index in [4.69, 9.17) is 9.84 Å². The number of rotatable bonds is 3. The second-order valence-electron chi connectivity index (χ2n) is 3.69. The van der Waals surface area contributed by atoms with Gasteiger partial charge in [-0.2, -0.15) is 0 Å². The number of carboxylic acids is 1. The molecule has 92 valence electrons. The van der Waals surface area contributed by atoms with E-state index in [1.165, 1.54) is 17.5 Å². The van der Waals surface area contributed by atoms with Crippen molar-refractivity contribution in [2.75, 3.05) is 19.8 Å². The number of morpholine rings is 1. The number of thiazole rings is 1. The van der Waals surface area contributed by atoms with Crippen LogP contribution in [0.3, 0.4) is 0 Å². The Kier molecular flexibility index (Phi) is 3.70. The standard InChI is InChI=1S/C10H12N2O4S/c13-9(14)3-7-5-16-2-1-12(7)10(15)8-4-11-6-17-8/h4,6-7H,1-3,5H2,(H,13,14). The Balaban J connectivity index is 2.10. The van der Waals surface area contributed by atoms with Gasteiger partial charge in [-0.3, -0.25) is 14.6 Å². The van der Waals surface area contributed by atoms with E-state index < -0.39 is 12.0 Å². The second kappa shape index (κ2) is 5.24. The smallest absolute Gasteiger partial charge is 0.305 e. The van der Waals surface area contributed by atoms with Crippen LogP contribution in [0.5, 0.6) is 0 Å². The van der Waals surface area contributed by atoms with Gasteiger partial charge in [0.2, 0.25) is 0 Å². The average Bonchev–Trinajstić information content (AvgIpc) is 2.81. The van der Waals surface area contributed by atoms with Gasteiger partial charge in [0.15, 0.2) is 0 Å². The monoisotopic (exact) mass is 256 g/mol. The maximum Gasteiger partial charge on any atom is 0.305 e. The molecule has 1 fully saturated rings. The summed E-state index contributed by atoms with van der Waals surface area (Å²) in [7, 11) is 0. The summed E-state index contributed by atoms with van der Waals surface area (Å²) in [6, 6.07) is -0.393. The van der Waals surface area contributed by atoms with Crippen molar-refractivity contribution in [3.63, 3.8) is 0 Å². The van der Waals surface area contributed by atoms with Crippen LogP contribution in [0.25, 0.3) is 0 Å². The molecule has 0 spiro atoms. The molecule has 1 saturated heterocycles. The predicted molar refractivity (Wildman–Crippen MR) is 60.0 cm³/mol. The maximum absolute atomic E-state index is 12.1. The summed E-state index contributed by atoms with van der Waals surface area (Å²) >= 11 is 1.26. The van der Waals surface area contributed by atoms with Crippen molar-refractivity contribution in [3.8, 4) is 0 Å². The van der Waals surface area contributed by atoms with Crippen LogP contribution in [-0.2, 0) is 9.53 Å². The summed E-state index contributed by atoms with van der Waals surface area (Å²) in [6.45, 7) is 1.15. The Morgan fingerprint density at radius 2 is 2.47 bits per heavy atom. The Morgan fingerprint density at radius 3 is 3.12 bits per heavy atom. The van der Waals surface area contributed by atoms with E-state index in [-0.39, 0.29) is 18.9 Å². The lowest BCUT2D eigenvalue weighted by Gasteiger charge is -2.34. The van der Waals surface area contributed by atoms with Crippen LogP contribution in [-0.4, -0.2) is 52.7 Å². The zero-order valence-corrected chi connectivity index (χ0v) is 9.85. The highest BCUT2D eigenvalue weighted by Gasteiger charge is 2.30. The van der Waals surface area contributed by atoms with Gasteiger partial charge in [0.1, 0.15) is 4.88 Å². The van der Waals surface area contributed by atoms with Crippen LogP contribution in [0.2, 0.25) is 0 Å². The van der Waals surface area contributed by atoms with Gasteiger partial charge in [-0.05, 0) is 0 Å². The minimum atomic E-state index is -0.928. The quantitative estimate of drug-likeness (QED) is 0.849. The summed E-state index contributed by atoms with van der Waals surface area (Å²) in [5.41, 5.74) is 1.58. The lowest BCUT2D eigenvalue weighted by atomic mass is 10.1. The summed E-state index contributed by atoms with van der Waals surface area (Å²) in [5, 5.41) is 8.79. The van der Waals surface area contributed by atoms with E-state index in [1.54, 1.807) is 10.4 Å². The van der Waals surface area contributed by atoms with Crippen LogP contribution in [0, 0.1) is 0 Å². The van der Waals surface area contributed by atoms with E-state index in [0.717, 1.165) is 0 Å². The minimum Gasteiger partial charge on any atom is -0.481 e. The predicted octanol–water partition coefficient (Wildman–Crippen LogP) is 0.459. The molecular weight excluding hydrogens is 244 g/mol. The summed E-state index contributed by atoms with van der Waals surface area (Å²) in [4.78, 5) is 28.8. The third-order valence-corrected chi connectivity index (χ3v) is 3.30. The van der Waals surface area contributed by atoms with Crippen molar-refractivity contribution in [3.05, 3.63) is 16.6 Å². The summed E-state index contributed by atoms with van der Waals surface area (Å²) < 4.78 is 5.21. The van der Waals surface area contributed by atoms with Gasteiger partial charge >= 0.3 is 5.97 Å². The van der Waals surface area contributed by atoms with Crippen molar-refractivity contribution >= 4 is 23.2 Å². The first-order valence-electron chi connectivity index (χ1n) is 5.17. The number of carboxylic acid groups (broad SMARTS) is 1. The molecule has 1 atom stereocenters. The fraction of sp³-hybridized carbons (Fsp3) is 0.500. The van der Waals surface area contributed by atoms with Crippen molar-refractivity contribution in [2.45, 2.75) is 12.5 Å². The van der Waals surface area contributed by atoms with E-state index in [9.17, 15) is 9.59 Å². The van der Waals surface area contributed by atoms with E-state index in [1.807, 2.05) is 0 Å². The van der Waals surface area contributed by atoms with E-state index in [0.29, 0.717) is 18.0 Å². The highest BCUT2D eigenvalue weighted by molar-refractivity contribution is 7.11. The molecule has 1 aliphatic heterocycles. The molecule has 1 N–H and O–H groups in total. The molecule has 2 heterocycles. The molecule has 1 unspecified atom stereocenters. The van der Waals surface area contributed by atoms with Crippen LogP contribution in [0.15, 0.2) is 11.7 Å². The van der Waals surface area contributed by atoms with Crippen LogP contribution in [0.4, 0.5) is 0 Å². The number of hydrogen-bond acceptors (Lipinski definition) is 5. The number of carbonyl (C=O) groups excluding carboxylic acids is 1. The molecule has 0 radical (unpaired) electrons. The molecule has 1 aromatic heterocycles. The molecule has 7 heteroatoms. The molecule has 17 heavy (non-hydrogen) atoms. The Bertz CT molecular complexity index is 406. The number of aromatic nitrogens is 1. The van der Waals surface area contributed by atoms with Crippen LogP contribution >= 0.6 is 11.3 Å². The van der Waals surface area contributed by atoms with Gasteiger partial charge in [-0.1, -0.05) is 0 Å². The molecule has 1 aliphatic rings. The molecular formula is C10H12N2O4S. The number of nitrogens with zero attached hydrogens (tertiary/aromatic N) is 2. The van der Waals surface area contributed by atoms with Crippen LogP contribution < -0.4 is 0 Å². The highest BCUT2D eigenvalue weighted by atomic mass is 32.1. The molecule has 2 rings (SSSR count). The minimum absolute atomic E-state index is 0.0927. The zero-order valence-electron chi connectivity index (χ0n) is 9.04. The van der Waals surface area contributed by atoms with Gasteiger partial charge in [-0.15, -0.1) is 11.3 Å². The van der Waals surface area contributed by atoms with Gasteiger partial charge in [0, 0.05) is 6.54 Å². The van der Waals surface area contributed by atoms with Gasteiger partial charge < -0.3 is 14.7 Å². The third-order valence-electron chi connectivity index (χ3n) is 2.54. The highest BCUT2D eigenvalue weighted by Crippen LogP contribution is 2.17. The van der Waals surface area contributed by atoms with Gasteiger partial charge in [0.05, 0.1) is 37.4 Å². The molecule has 1 amide bonds.